The molecule has 1 saturated heterocycles. The summed E-state index contributed by atoms with van der Waals surface area (Å²) < 4.78 is 10.7. The van der Waals surface area contributed by atoms with E-state index < -0.39 is 0 Å². The molecule has 162 valence electrons. The Labute approximate surface area is 180 Å². The molecular formula is C22H26N6O3. The van der Waals surface area contributed by atoms with Crippen LogP contribution in [-0.4, -0.2) is 80.0 Å². The molecule has 0 radical (unpaired) electrons. The summed E-state index contributed by atoms with van der Waals surface area (Å²) in [5.41, 5.74) is 2.92. The lowest BCUT2D eigenvalue weighted by Crippen LogP contribution is -2.57. The minimum atomic E-state index is -0.0469. The summed E-state index contributed by atoms with van der Waals surface area (Å²) in [6.07, 6.45) is 3.77. The summed E-state index contributed by atoms with van der Waals surface area (Å²) in [4.78, 5) is 29.7. The molecule has 3 aromatic rings. The van der Waals surface area contributed by atoms with E-state index in [2.05, 4.69) is 20.2 Å². The number of aromatic nitrogens is 3. The highest BCUT2D eigenvalue weighted by molar-refractivity contribution is 5.94. The van der Waals surface area contributed by atoms with Crippen molar-refractivity contribution in [1.82, 2.24) is 20.3 Å². The summed E-state index contributed by atoms with van der Waals surface area (Å²) >= 11 is 0. The molecule has 5 rings (SSSR count). The molecule has 1 fully saturated rings. The molecule has 9 heteroatoms. The van der Waals surface area contributed by atoms with Crippen LogP contribution in [0.1, 0.15) is 0 Å². The van der Waals surface area contributed by atoms with Gasteiger partial charge in [-0.05, 0) is 12.1 Å². The first-order chi connectivity index (χ1) is 15.2. The van der Waals surface area contributed by atoms with Crippen LogP contribution >= 0.6 is 0 Å². The van der Waals surface area contributed by atoms with E-state index in [9.17, 15) is 4.79 Å². The average molecular weight is 422 g/mol. The number of carbonyl (C=O) groups is 1. The Hall–Kier alpha value is -3.17. The summed E-state index contributed by atoms with van der Waals surface area (Å²) in [5, 5.41) is 3.98. The van der Waals surface area contributed by atoms with Crippen molar-refractivity contribution in [1.29, 1.82) is 0 Å². The molecule has 31 heavy (non-hydrogen) atoms. The second kappa shape index (κ2) is 8.52. The van der Waals surface area contributed by atoms with Crippen LogP contribution in [0, 0.1) is 0 Å². The number of anilines is 2. The quantitative estimate of drug-likeness (QED) is 0.580. The molecule has 0 unspecified atom stereocenters. The molecule has 0 saturated carbocycles. The molecule has 1 aromatic carbocycles. The third kappa shape index (κ3) is 3.82. The van der Waals surface area contributed by atoms with E-state index in [-0.39, 0.29) is 18.5 Å². The first-order valence-corrected chi connectivity index (χ1v) is 10.5. The van der Waals surface area contributed by atoms with Gasteiger partial charge in [-0.2, -0.15) is 0 Å². The highest BCUT2D eigenvalue weighted by Gasteiger charge is 2.35. The van der Waals surface area contributed by atoms with Gasteiger partial charge < -0.3 is 29.6 Å². The number of nitrogens with one attached hydrogen (secondary N) is 2. The number of morpholine rings is 1. The summed E-state index contributed by atoms with van der Waals surface area (Å²) in [7, 11) is 1.62. The molecule has 4 heterocycles. The van der Waals surface area contributed by atoms with Crippen LogP contribution in [0.5, 0.6) is 0 Å². The van der Waals surface area contributed by atoms with Crippen LogP contribution in [0.15, 0.2) is 36.7 Å². The summed E-state index contributed by atoms with van der Waals surface area (Å²) in [6.45, 7) is 3.98. The van der Waals surface area contributed by atoms with E-state index in [4.69, 9.17) is 14.5 Å². The molecule has 2 aliphatic rings. The first kappa shape index (κ1) is 19.8. The second-order valence-electron chi connectivity index (χ2n) is 7.79. The number of ether oxygens (including phenoxy) is 2. The van der Waals surface area contributed by atoms with Crippen LogP contribution in [0.4, 0.5) is 11.5 Å². The number of H-pyrrole nitrogens is 1. The number of nitrogens with zero attached hydrogens (tertiary/aromatic N) is 4. The van der Waals surface area contributed by atoms with E-state index in [1.165, 1.54) is 0 Å². The second-order valence-corrected chi connectivity index (χ2v) is 7.79. The molecular weight excluding hydrogens is 396 g/mol. The van der Waals surface area contributed by atoms with Crippen molar-refractivity contribution in [3.8, 4) is 11.4 Å². The predicted octanol–water partition coefficient (Wildman–Crippen LogP) is 1.41. The maximum atomic E-state index is 12.5. The number of hydrogen-bond acceptors (Lipinski definition) is 7. The number of aromatic amines is 1. The Bertz CT molecular complexity index is 1080. The fourth-order valence-corrected chi connectivity index (χ4v) is 4.32. The van der Waals surface area contributed by atoms with Gasteiger partial charge >= 0.3 is 0 Å². The van der Waals surface area contributed by atoms with Gasteiger partial charge in [0.1, 0.15) is 0 Å². The van der Waals surface area contributed by atoms with E-state index >= 15 is 0 Å². The summed E-state index contributed by atoms with van der Waals surface area (Å²) in [6, 6.07) is 8.28. The molecule has 0 spiro atoms. The summed E-state index contributed by atoms with van der Waals surface area (Å²) in [5.74, 6) is 1.50. The maximum absolute atomic E-state index is 12.5. The van der Waals surface area contributed by atoms with Crippen LogP contribution in [-0.2, 0) is 14.3 Å². The Morgan fingerprint density at radius 3 is 3.23 bits per heavy atom. The fraction of sp³-hybridized carbons (Fsp3) is 0.409. The van der Waals surface area contributed by atoms with Gasteiger partial charge in [0.05, 0.1) is 44.3 Å². The van der Waals surface area contributed by atoms with Gasteiger partial charge in [-0.3, -0.25) is 4.79 Å². The molecule has 0 aliphatic carbocycles. The van der Waals surface area contributed by atoms with Gasteiger partial charge in [-0.1, -0.05) is 12.1 Å². The Balaban J connectivity index is 1.49. The molecule has 2 N–H and O–H groups in total. The molecule has 2 aliphatic heterocycles. The Morgan fingerprint density at radius 1 is 1.39 bits per heavy atom. The van der Waals surface area contributed by atoms with Gasteiger partial charge in [0.25, 0.3) is 0 Å². The zero-order valence-corrected chi connectivity index (χ0v) is 17.5. The lowest BCUT2D eigenvalue weighted by atomic mass is 10.1. The number of benzene rings is 1. The van der Waals surface area contributed by atoms with Crippen LogP contribution in [0.2, 0.25) is 0 Å². The van der Waals surface area contributed by atoms with Crippen LogP contribution < -0.4 is 15.1 Å². The molecule has 2 aromatic heterocycles. The molecule has 1 amide bonds. The maximum Gasteiger partial charge on any atom is 0.239 e. The lowest BCUT2D eigenvalue weighted by Gasteiger charge is -2.45. The predicted molar refractivity (Wildman–Crippen MR) is 118 cm³/mol. The average Bonchev–Trinajstić information content (AvgIpc) is 3.28. The number of rotatable bonds is 6. The van der Waals surface area contributed by atoms with Gasteiger partial charge in [0, 0.05) is 49.4 Å². The largest absolute Gasteiger partial charge is 0.383 e. The smallest absolute Gasteiger partial charge is 0.239 e. The van der Waals surface area contributed by atoms with Gasteiger partial charge in [0.15, 0.2) is 11.6 Å². The molecule has 0 bridgehead atoms. The van der Waals surface area contributed by atoms with E-state index in [0.29, 0.717) is 38.7 Å². The van der Waals surface area contributed by atoms with Crippen molar-refractivity contribution in [3.63, 3.8) is 0 Å². The Morgan fingerprint density at radius 2 is 2.32 bits per heavy atom. The fourth-order valence-electron chi connectivity index (χ4n) is 4.32. The zero-order chi connectivity index (χ0) is 21.2. The number of carbonyl (C=O) groups excluding carboxylic acids is 1. The molecule has 9 nitrogen and oxygen atoms in total. The van der Waals surface area contributed by atoms with Gasteiger partial charge in [0.2, 0.25) is 5.91 Å². The zero-order valence-electron chi connectivity index (χ0n) is 17.5. The number of methoxy groups -OCH3 is 1. The van der Waals surface area contributed by atoms with E-state index in [0.717, 1.165) is 34.5 Å². The third-order valence-corrected chi connectivity index (χ3v) is 5.82. The molecule has 1 atom stereocenters. The van der Waals surface area contributed by atoms with Crippen molar-refractivity contribution >= 4 is 28.3 Å². The van der Waals surface area contributed by atoms with Crippen molar-refractivity contribution < 1.29 is 14.3 Å². The standard InChI is InChI=1S/C22H26N6O3/c1-30-9-7-24-20(29)13-27-12-15-14-31-10-8-28(15)22-19(27)11-25-21(26-22)17-3-2-4-18-16(17)5-6-23-18/h2-6,11,15,23H,7-10,12-14H2,1H3,(H,24,29)/t15-/m1/s1. The third-order valence-electron chi connectivity index (χ3n) is 5.82. The van der Waals surface area contributed by atoms with Crippen LogP contribution in [0.25, 0.3) is 22.3 Å². The van der Waals surface area contributed by atoms with Gasteiger partial charge in [-0.15, -0.1) is 0 Å². The Kier molecular flexibility index (Phi) is 5.44. The van der Waals surface area contributed by atoms with E-state index in [1.54, 1.807) is 7.11 Å². The number of amides is 1. The van der Waals surface area contributed by atoms with Gasteiger partial charge in [-0.25, -0.2) is 9.97 Å². The lowest BCUT2D eigenvalue weighted by molar-refractivity contribution is -0.120. The highest BCUT2D eigenvalue weighted by Crippen LogP contribution is 2.36. The number of hydrogen-bond donors (Lipinski definition) is 2. The normalized spacial score (nSPS) is 18.0. The highest BCUT2D eigenvalue weighted by atomic mass is 16.5. The first-order valence-electron chi connectivity index (χ1n) is 10.5. The van der Waals surface area contributed by atoms with Crippen molar-refractivity contribution in [2.75, 3.05) is 62.9 Å². The monoisotopic (exact) mass is 422 g/mol. The minimum absolute atomic E-state index is 0.0469. The minimum Gasteiger partial charge on any atom is -0.383 e. The SMILES string of the molecule is COCCNC(=O)CN1C[C@@H]2COCCN2c2nc(-c3cccc4[nH]ccc34)ncc21. The topological polar surface area (TPSA) is 95.6 Å². The van der Waals surface area contributed by atoms with Crippen LogP contribution in [0.3, 0.4) is 0 Å². The van der Waals surface area contributed by atoms with E-state index in [1.807, 2.05) is 41.6 Å². The van der Waals surface area contributed by atoms with Crippen molar-refractivity contribution in [2.24, 2.45) is 0 Å². The van der Waals surface area contributed by atoms with Crippen molar-refractivity contribution in [2.45, 2.75) is 6.04 Å². The van der Waals surface area contributed by atoms with Crippen molar-refractivity contribution in [3.05, 3.63) is 36.7 Å². The number of fused-ring (bicyclic) bond motifs is 4.